The summed E-state index contributed by atoms with van der Waals surface area (Å²) in [5.41, 5.74) is 3.08. The third kappa shape index (κ3) is 28.7. The van der Waals surface area contributed by atoms with Gasteiger partial charge >= 0.3 is 11.9 Å². The summed E-state index contributed by atoms with van der Waals surface area (Å²) in [6.07, 6.45) is -13.2. The molecule has 3 aromatic rings. The van der Waals surface area contributed by atoms with Crippen LogP contribution in [0.2, 0.25) is 72.5 Å². The van der Waals surface area contributed by atoms with Gasteiger partial charge in [0.15, 0.2) is 70.1 Å². The zero-order chi connectivity index (χ0) is 94.1. The van der Waals surface area contributed by atoms with E-state index >= 15 is 9.59 Å². The van der Waals surface area contributed by atoms with E-state index in [1.165, 1.54) is 6.92 Å². The number of esters is 2. The molecule has 0 aromatic heterocycles. The van der Waals surface area contributed by atoms with E-state index in [1.54, 1.807) is 0 Å². The van der Waals surface area contributed by atoms with Gasteiger partial charge in [-0.15, -0.1) is 0 Å². The van der Waals surface area contributed by atoms with Gasteiger partial charge in [0, 0.05) is 37.0 Å². The molecule has 11 unspecified atom stereocenters. The first-order chi connectivity index (χ1) is 59.0. The Morgan fingerprint density at radius 2 is 0.882 bits per heavy atom. The van der Waals surface area contributed by atoms with Gasteiger partial charge in [0.05, 0.1) is 101 Å². The number of ether oxygens (including phenoxy) is 17. The number of hydrogen-bond donors (Lipinski definition) is 1. The quantitative estimate of drug-likeness (QED) is 0.0240. The minimum atomic E-state index is -2.66. The molecule has 1 N–H and O–H groups in total. The van der Waals surface area contributed by atoms with Crippen molar-refractivity contribution in [3.05, 3.63) is 108 Å². The summed E-state index contributed by atoms with van der Waals surface area (Å²) >= 11 is 0. The topological polar surface area (TPSA) is 252 Å². The summed E-state index contributed by atoms with van der Waals surface area (Å²) in [6, 6.07) is 30.2. The molecule has 24 nitrogen and oxygen atoms in total. The van der Waals surface area contributed by atoms with E-state index in [1.807, 2.05) is 120 Å². The van der Waals surface area contributed by atoms with Crippen LogP contribution in [0.5, 0.6) is 0 Å². The van der Waals surface area contributed by atoms with Crippen LogP contribution in [0.1, 0.15) is 228 Å². The van der Waals surface area contributed by atoms with Crippen LogP contribution in [-0.2, 0) is 128 Å². The van der Waals surface area contributed by atoms with Crippen molar-refractivity contribution in [3.63, 3.8) is 0 Å². The predicted octanol–water partition coefficient (Wildman–Crippen LogP) is 21.0. The summed E-state index contributed by atoms with van der Waals surface area (Å²) in [5.74, 6) is -3.77. The van der Waals surface area contributed by atoms with Gasteiger partial charge in [-0.2, -0.15) is 0 Å². The summed E-state index contributed by atoms with van der Waals surface area (Å²) in [6.45, 7) is 72.1. The molecule has 28 atom stereocenters. The maximum absolute atomic E-state index is 15.3. The highest BCUT2D eigenvalue weighted by Crippen LogP contribution is 2.49. The minimum Gasteiger partial charge on any atom is -0.462 e. The largest absolute Gasteiger partial charge is 0.462 e. The van der Waals surface area contributed by atoms with Crippen molar-refractivity contribution in [2.75, 3.05) is 19.8 Å². The third-order valence-corrected chi connectivity index (χ3v) is 47.3. The maximum atomic E-state index is 15.3. The van der Waals surface area contributed by atoms with E-state index < -0.39 is 180 Å². The average Bonchev–Trinajstić information content (AvgIpc) is 1.64. The van der Waals surface area contributed by atoms with Crippen LogP contribution in [0.3, 0.4) is 0 Å². The molecule has 28 heteroatoms. The van der Waals surface area contributed by atoms with Crippen molar-refractivity contribution in [2.24, 2.45) is 35.5 Å². The highest BCUT2D eigenvalue weighted by atomic mass is 28.4. The second-order valence-corrected chi connectivity index (χ2v) is 63.1. The van der Waals surface area contributed by atoms with Crippen LogP contribution in [0.4, 0.5) is 0 Å². The SMILES string of the molecule is CC[C@H](C)[C@H](C[C@@H](CC(=O)O[C@H]1C(C)O[C@H](OC(C)=N)C(O[C@@H]2O[C@H](C)[C@H](O[C@@H]3OC[C@@H](OCc4ccccc4)C(O[C@@H]4OC[C@@H](OCc5ccccc5)C(OCc5ccccc5)C4C)C3C)C3OC(C)(C)OC32)C1C)O[Si](C)(C)C(C)(C)C)OC(=O)C[C@H](C[C@H](O[C@@H]1O[C@@H](CO[Si](C)(C)C(C)(C)C)C(O[Si](C)(C)C(C)(C)C)C1C)[C@@H](C)CC)O[Si](C)(C)C(C)(C)C. The molecule has 6 heterocycles. The van der Waals surface area contributed by atoms with Gasteiger partial charge in [0.25, 0.3) is 0 Å². The van der Waals surface area contributed by atoms with E-state index in [-0.39, 0.29) is 101 Å². The Morgan fingerprint density at radius 3 is 1.37 bits per heavy atom. The molecule has 0 spiro atoms. The highest BCUT2D eigenvalue weighted by Gasteiger charge is 2.60. The predicted molar refractivity (Wildman–Crippen MR) is 503 cm³/mol. The van der Waals surface area contributed by atoms with E-state index in [2.05, 4.69) is 189 Å². The number of hydrogen-bond acceptors (Lipinski definition) is 24. The molecule has 6 saturated heterocycles. The fraction of sp³-hybridized carbons (Fsp3) is 0.788. The molecule has 6 aliphatic heterocycles. The molecule has 0 radical (unpaired) electrons. The van der Waals surface area contributed by atoms with Gasteiger partial charge in [0.1, 0.15) is 54.9 Å². The standard InChI is InChI=1S/C99H167NO23Si4/c1-34-61(3)75(112-80(101)53-74(122-126(30,31)97(18,19)20)52-76(62(4)35-2)113-92-66(8)85(123-127(32,33)98(21,22)23)79(114-92)60-108-124(26,27)95(12,13)14)51-73(121-125(28,29)96(15,16)17)54-81(102)115-82-63(5)86(93(109-67(82)9)111-69(11)100)117-94-89-88(119-99(24,25)120-89)87(68(10)110-94)118-91-65(7)84(78(59-107-91)104-56-71-47-41-37-42-48-71)116-90-64(6)83(105-57-72-49-43-38-44-50-72)77(58-106-90)103-55-70-45-39-36-40-46-70/h36-50,61-68,73-79,82-94,100H,34-35,51-60H2,1-33H3/t61-,62-,63?,64?,65?,66?,67?,68+,73-,74-,75-,76-,77+,78+,79-,82+,83?,84?,85?,86?,87-,88?,89?,90-,91-,92+,93+,94-/m0/s1. The molecule has 127 heavy (non-hydrogen) atoms. The second-order valence-electron chi connectivity index (χ2n) is 44.0. The Morgan fingerprint density at radius 1 is 0.465 bits per heavy atom. The summed E-state index contributed by atoms with van der Waals surface area (Å²) in [7, 11) is -9.70. The van der Waals surface area contributed by atoms with Crippen molar-refractivity contribution in [1.82, 2.24) is 0 Å². The molecule has 3 aromatic carbocycles. The normalized spacial score (nSPS) is 31.5. The van der Waals surface area contributed by atoms with Crippen molar-refractivity contribution in [2.45, 2.75) is 445 Å². The Labute approximate surface area is 767 Å². The lowest BCUT2D eigenvalue weighted by Gasteiger charge is -2.49. The van der Waals surface area contributed by atoms with Gasteiger partial charge in [-0.3, -0.25) is 15.0 Å². The maximum Gasteiger partial charge on any atom is 0.308 e. The highest BCUT2D eigenvalue weighted by molar-refractivity contribution is 6.75. The minimum absolute atomic E-state index is 0.000282. The van der Waals surface area contributed by atoms with Gasteiger partial charge in [-0.25, -0.2) is 0 Å². The second kappa shape index (κ2) is 44.8. The number of rotatable bonds is 41. The van der Waals surface area contributed by atoms with Crippen LogP contribution in [0, 0.1) is 40.9 Å². The van der Waals surface area contributed by atoms with E-state index in [0.717, 1.165) is 23.1 Å². The number of nitrogens with one attached hydrogen (secondary N) is 1. The Balaban J connectivity index is 0.914. The zero-order valence-electron chi connectivity index (χ0n) is 83.7. The van der Waals surface area contributed by atoms with Crippen LogP contribution in [-0.4, -0.2) is 212 Å². The monoisotopic (exact) mass is 1850 g/mol. The van der Waals surface area contributed by atoms with Crippen LogP contribution >= 0.6 is 0 Å². The van der Waals surface area contributed by atoms with Crippen molar-refractivity contribution in [3.8, 4) is 0 Å². The molecule has 0 saturated carbocycles. The van der Waals surface area contributed by atoms with Crippen molar-refractivity contribution >= 4 is 51.1 Å². The lowest BCUT2D eigenvalue weighted by Crippen LogP contribution is -2.63. The van der Waals surface area contributed by atoms with Crippen molar-refractivity contribution in [1.29, 1.82) is 5.41 Å². The molecule has 0 bridgehead atoms. The van der Waals surface area contributed by atoms with Gasteiger partial charge in [-0.1, -0.05) is 242 Å². The molecule has 0 aliphatic carbocycles. The third-order valence-electron chi connectivity index (χ3n) is 29.2. The van der Waals surface area contributed by atoms with E-state index in [4.69, 9.17) is 104 Å². The first kappa shape index (κ1) is 107. The summed E-state index contributed by atoms with van der Waals surface area (Å²) < 4.78 is 145. The number of benzene rings is 3. The first-order valence-corrected chi connectivity index (χ1v) is 59.1. The number of carbonyl (C=O) groups excluding carboxylic acids is 2. The van der Waals surface area contributed by atoms with Gasteiger partial charge in [-0.05, 0) is 135 Å². The zero-order valence-corrected chi connectivity index (χ0v) is 87.7. The molecule has 9 rings (SSSR count). The lowest BCUT2D eigenvalue weighted by molar-refractivity contribution is -0.360. The fourth-order valence-corrected chi connectivity index (χ4v) is 21.7. The lowest BCUT2D eigenvalue weighted by atomic mass is 9.90. The van der Waals surface area contributed by atoms with Gasteiger partial charge in [0.2, 0.25) is 6.29 Å². The number of fused-ring (bicyclic) bond motifs is 1. The molecule has 0 amide bonds. The van der Waals surface area contributed by atoms with Gasteiger partial charge < -0.3 is 98.2 Å². The molecule has 6 aliphatic rings. The van der Waals surface area contributed by atoms with E-state index in [9.17, 15) is 0 Å². The Hall–Kier alpha value is -3.78. The fourth-order valence-electron chi connectivity index (χ4n) is 16.6. The average molecular weight is 1850 g/mol. The van der Waals surface area contributed by atoms with Crippen LogP contribution < -0.4 is 0 Å². The molecule has 6 fully saturated rings. The Bertz CT molecular complexity index is 3860. The molecule has 722 valence electrons. The number of carbonyl (C=O) groups is 2. The van der Waals surface area contributed by atoms with Crippen LogP contribution in [0.25, 0.3) is 0 Å². The molecular formula is C99H167NO23Si4. The molecular weight excluding hydrogens is 1680 g/mol. The summed E-state index contributed by atoms with van der Waals surface area (Å²) in [4.78, 5) is 30.5. The van der Waals surface area contributed by atoms with Crippen molar-refractivity contribution < 1.29 is 108 Å². The first-order valence-electron chi connectivity index (χ1n) is 47.4. The summed E-state index contributed by atoms with van der Waals surface area (Å²) in [5, 5.41) is 8.14. The Kier molecular flexibility index (Phi) is 37.7. The smallest absolute Gasteiger partial charge is 0.308 e. The van der Waals surface area contributed by atoms with Crippen LogP contribution in [0.15, 0.2) is 91.0 Å². The van der Waals surface area contributed by atoms with E-state index in [0.29, 0.717) is 39.3 Å².